The van der Waals surface area contributed by atoms with Gasteiger partial charge in [0, 0.05) is 0 Å². The highest BCUT2D eigenvalue weighted by atomic mass is 32.1. The van der Waals surface area contributed by atoms with Gasteiger partial charge in [-0.3, -0.25) is 19.3 Å². The first-order valence-electron chi connectivity index (χ1n) is 5.32. The zero-order valence-corrected chi connectivity index (χ0v) is 11.3. The highest BCUT2D eigenvalue weighted by Crippen LogP contribution is 2.22. The summed E-state index contributed by atoms with van der Waals surface area (Å²) < 4.78 is 2.04. The van der Waals surface area contributed by atoms with Gasteiger partial charge >= 0.3 is 0 Å². The Bertz CT molecular complexity index is 573. The van der Waals surface area contributed by atoms with Gasteiger partial charge in [-0.1, -0.05) is 6.07 Å². The van der Waals surface area contributed by atoms with Crippen LogP contribution in [0.25, 0.3) is 10.7 Å². The van der Waals surface area contributed by atoms with Gasteiger partial charge in [0.15, 0.2) is 10.6 Å². The summed E-state index contributed by atoms with van der Waals surface area (Å²) in [7, 11) is 0. The first-order chi connectivity index (χ1) is 8.72. The maximum atomic E-state index is 11.6. The van der Waals surface area contributed by atoms with E-state index in [4.69, 9.17) is 17.1 Å². The Balaban J connectivity index is 2.20. The van der Waals surface area contributed by atoms with Crippen molar-refractivity contribution in [1.29, 1.82) is 0 Å². The van der Waals surface area contributed by atoms with Crippen LogP contribution in [0.3, 0.4) is 0 Å². The number of nitrogens with one attached hydrogen (secondary N) is 2. The van der Waals surface area contributed by atoms with Crippen LogP contribution < -0.4 is 5.48 Å². The molecule has 0 aliphatic rings. The Labute approximate surface area is 113 Å². The van der Waals surface area contributed by atoms with E-state index >= 15 is 0 Å². The molecular formula is C10H12N4O2S2. The van der Waals surface area contributed by atoms with Gasteiger partial charge in [0.25, 0.3) is 5.91 Å². The molecule has 2 aromatic rings. The van der Waals surface area contributed by atoms with Crippen LogP contribution in [0.2, 0.25) is 0 Å². The zero-order chi connectivity index (χ0) is 13.0. The second kappa shape index (κ2) is 5.89. The summed E-state index contributed by atoms with van der Waals surface area (Å²) in [4.78, 5) is 17.4. The minimum Gasteiger partial charge on any atom is -0.290 e. The van der Waals surface area contributed by atoms with Crippen molar-refractivity contribution in [3.05, 3.63) is 22.3 Å². The Kier molecular flexibility index (Phi) is 4.24. The fourth-order valence-electron chi connectivity index (χ4n) is 1.39. The molecule has 0 bridgehead atoms. The second-order valence-corrected chi connectivity index (χ2v) is 4.71. The van der Waals surface area contributed by atoms with Crippen LogP contribution in [-0.2, 0) is 16.2 Å². The minimum atomic E-state index is -0.271. The second-order valence-electron chi connectivity index (χ2n) is 3.37. The van der Waals surface area contributed by atoms with E-state index in [1.807, 2.05) is 17.5 Å². The molecule has 0 saturated heterocycles. The van der Waals surface area contributed by atoms with E-state index in [9.17, 15) is 4.79 Å². The third-order valence-electron chi connectivity index (χ3n) is 2.13. The molecule has 0 unspecified atom stereocenters. The van der Waals surface area contributed by atoms with Crippen LogP contribution in [0.1, 0.15) is 6.92 Å². The van der Waals surface area contributed by atoms with Gasteiger partial charge in [-0.25, -0.2) is 5.48 Å². The predicted octanol–water partition coefficient (Wildman–Crippen LogP) is 1.74. The molecule has 18 heavy (non-hydrogen) atoms. The van der Waals surface area contributed by atoms with Gasteiger partial charge < -0.3 is 0 Å². The van der Waals surface area contributed by atoms with E-state index in [1.165, 1.54) is 11.3 Å². The minimum absolute atomic E-state index is 0.0720. The highest BCUT2D eigenvalue weighted by molar-refractivity contribution is 7.71. The quantitative estimate of drug-likeness (QED) is 0.648. The van der Waals surface area contributed by atoms with E-state index in [1.54, 1.807) is 11.5 Å². The van der Waals surface area contributed by atoms with E-state index < -0.39 is 0 Å². The monoisotopic (exact) mass is 284 g/mol. The smallest absolute Gasteiger partial charge is 0.263 e. The van der Waals surface area contributed by atoms with E-state index in [-0.39, 0.29) is 12.5 Å². The molecule has 2 aromatic heterocycles. The maximum absolute atomic E-state index is 11.6. The number of hydrogen-bond acceptors (Lipinski definition) is 5. The first-order valence-corrected chi connectivity index (χ1v) is 6.61. The van der Waals surface area contributed by atoms with E-state index in [0.29, 0.717) is 17.2 Å². The van der Waals surface area contributed by atoms with Crippen LogP contribution in [0, 0.1) is 4.77 Å². The molecule has 6 nitrogen and oxygen atoms in total. The first kappa shape index (κ1) is 12.9. The summed E-state index contributed by atoms with van der Waals surface area (Å²) in [6.45, 7) is 2.28. The summed E-state index contributed by atoms with van der Waals surface area (Å²) in [5.74, 6) is 0.383. The van der Waals surface area contributed by atoms with Gasteiger partial charge in [0.05, 0.1) is 11.5 Å². The number of aromatic amines is 1. The van der Waals surface area contributed by atoms with Gasteiger partial charge in [-0.05, 0) is 30.6 Å². The molecule has 2 rings (SSSR count). The number of nitrogens with zero attached hydrogens (tertiary/aromatic N) is 2. The molecule has 8 heteroatoms. The standard InChI is InChI=1S/C10H12N4O2S2/c1-2-16-13-8(15)6-14-9(11-12-10(14)17)7-4-3-5-18-7/h3-5H,2,6H2,1H3,(H,12,17)(H,13,15). The highest BCUT2D eigenvalue weighted by Gasteiger charge is 2.12. The molecule has 0 aromatic carbocycles. The number of hydrogen-bond donors (Lipinski definition) is 2. The SMILES string of the molecule is CCONC(=O)Cn1c(-c2cccs2)n[nH]c1=S. The molecule has 2 N–H and O–H groups in total. The molecule has 0 atom stereocenters. The van der Waals surface area contributed by atoms with E-state index in [0.717, 1.165) is 4.88 Å². The van der Waals surface area contributed by atoms with Gasteiger partial charge in [0.1, 0.15) is 6.54 Å². The Morgan fingerprint density at radius 1 is 1.72 bits per heavy atom. The van der Waals surface area contributed by atoms with Crippen molar-refractivity contribution in [2.24, 2.45) is 0 Å². The average Bonchev–Trinajstić information content (AvgIpc) is 2.98. The van der Waals surface area contributed by atoms with Crippen molar-refractivity contribution >= 4 is 29.5 Å². The lowest BCUT2D eigenvalue weighted by Crippen LogP contribution is -2.28. The molecule has 0 aliphatic carbocycles. The lowest BCUT2D eigenvalue weighted by atomic mass is 10.4. The molecule has 1 amide bonds. The molecule has 0 saturated carbocycles. The average molecular weight is 284 g/mol. The van der Waals surface area contributed by atoms with Crippen LogP contribution in [-0.4, -0.2) is 27.3 Å². The van der Waals surface area contributed by atoms with Gasteiger partial charge in [-0.2, -0.15) is 5.10 Å². The topological polar surface area (TPSA) is 71.9 Å². The molecule has 0 radical (unpaired) electrons. The molecular weight excluding hydrogens is 272 g/mol. The summed E-state index contributed by atoms with van der Waals surface area (Å²) in [5, 5.41) is 8.76. The largest absolute Gasteiger partial charge is 0.290 e. The summed E-state index contributed by atoms with van der Waals surface area (Å²) >= 11 is 6.64. The van der Waals surface area contributed by atoms with Crippen LogP contribution in [0.15, 0.2) is 17.5 Å². The normalized spacial score (nSPS) is 10.5. The van der Waals surface area contributed by atoms with Crippen molar-refractivity contribution in [2.45, 2.75) is 13.5 Å². The lowest BCUT2D eigenvalue weighted by molar-refractivity contribution is -0.133. The number of amides is 1. The molecule has 0 spiro atoms. The van der Waals surface area contributed by atoms with Crippen molar-refractivity contribution in [3.8, 4) is 10.7 Å². The molecule has 96 valence electrons. The summed E-state index contributed by atoms with van der Waals surface area (Å²) in [6, 6.07) is 3.84. The molecule has 2 heterocycles. The summed E-state index contributed by atoms with van der Waals surface area (Å²) in [6.07, 6.45) is 0. The summed E-state index contributed by atoms with van der Waals surface area (Å²) in [5.41, 5.74) is 2.33. The van der Waals surface area contributed by atoms with Crippen LogP contribution in [0.5, 0.6) is 0 Å². The number of carbonyl (C=O) groups is 1. The Morgan fingerprint density at radius 2 is 2.56 bits per heavy atom. The van der Waals surface area contributed by atoms with Crippen LogP contribution >= 0.6 is 23.6 Å². The number of aromatic nitrogens is 3. The Hall–Kier alpha value is -1.51. The number of hydroxylamine groups is 1. The number of carbonyl (C=O) groups excluding carboxylic acids is 1. The fraction of sp³-hybridized carbons (Fsp3) is 0.300. The van der Waals surface area contributed by atoms with E-state index in [2.05, 4.69) is 15.7 Å². The van der Waals surface area contributed by atoms with Crippen LogP contribution in [0.4, 0.5) is 0 Å². The number of rotatable bonds is 5. The third kappa shape index (κ3) is 2.84. The third-order valence-corrected chi connectivity index (χ3v) is 3.31. The van der Waals surface area contributed by atoms with Crippen molar-refractivity contribution < 1.29 is 9.63 Å². The fourth-order valence-corrected chi connectivity index (χ4v) is 2.31. The van der Waals surface area contributed by atoms with Crippen molar-refractivity contribution in [2.75, 3.05) is 6.61 Å². The van der Waals surface area contributed by atoms with Crippen molar-refractivity contribution in [1.82, 2.24) is 20.2 Å². The maximum Gasteiger partial charge on any atom is 0.263 e. The molecule has 0 aliphatic heterocycles. The Morgan fingerprint density at radius 3 is 3.22 bits per heavy atom. The number of H-pyrrole nitrogens is 1. The van der Waals surface area contributed by atoms with Gasteiger partial charge in [0.2, 0.25) is 0 Å². The lowest BCUT2D eigenvalue weighted by Gasteiger charge is -2.06. The number of thiophene rings is 1. The van der Waals surface area contributed by atoms with Crippen molar-refractivity contribution in [3.63, 3.8) is 0 Å². The zero-order valence-electron chi connectivity index (χ0n) is 9.67. The van der Waals surface area contributed by atoms with Gasteiger partial charge in [-0.15, -0.1) is 11.3 Å². The predicted molar refractivity (Wildman–Crippen MR) is 70.5 cm³/mol. The molecule has 0 fully saturated rings.